The lowest BCUT2D eigenvalue weighted by Crippen LogP contribution is -2.37. The van der Waals surface area contributed by atoms with Crippen LogP contribution in [0.1, 0.15) is 30.0 Å². The molecule has 1 fully saturated rings. The van der Waals surface area contributed by atoms with Crippen molar-refractivity contribution in [1.29, 1.82) is 0 Å². The Hall–Kier alpha value is -2.11. The van der Waals surface area contributed by atoms with Crippen LogP contribution in [0.4, 0.5) is 0 Å². The molecule has 4 nitrogen and oxygen atoms in total. The highest BCUT2D eigenvalue weighted by atomic mass is 32.2. The summed E-state index contributed by atoms with van der Waals surface area (Å²) in [4.78, 5) is 3.88. The lowest BCUT2D eigenvalue weighted by Gasteiger charge is -2.30. The first-order valence-electron chi connectivity index (χ1n) is 8.68. The van der Waals surface area contributed by atoms with Crippen LogP contribution in [0, 0.1) is 6.92 Å². The molecule has 1 saturated heterocycles. The van der Waals surface area contributed by atoms with Gasteiger partial charge in [-0.05, 0) is 49.4 Å². The van der Waals surface area contributed by atoms with Crippen LogP contribution in [-0.4, -0.2) is 30.8 Å². The molecular weight excluding hydrogens is 332 g/mol. The number of H-pyrrole nitrogens is 1. The quantitative estimate of drug-likeness (QED) is 0.771. The third kappa shape index (κ3) is 3.10. The van der Waals surface area contributed by atoms with Gasteiger partial charge in [0.15, 0.2) is 0 Å². The molecule has 0 unspecified atom stereocenters. The van der Waals surface area contributed by atoms with Crippen molar-refractivity contribution in [2.45, 2.75) is 30.6 Å². The van der Waals surface area contributed by atoms with Crippen molar-refractivity contribution >= 4 is 20.9 Å². The second kappa shape index (κ2) is 6.32. The average molecular weight is 354 g/mol. The molecule has 1 aliphatic heterocycles. The molecule has 0 amide bonds. The van der Waals surface area contributed by atoms with Gasteiger partial charge in [0.2, 0.25) is 10.0 Å². The lowest BCUT2D eigenvalue weighted by atomic mass is 9.95. The zero-order valence-electron chi connectivity index (χ0n) is 14.3. The summed E-state index contributed by atoms with van der Waals surface area (Å²) in [5.74, 6) is 0.386. The third-order valence-electron chi connectivity index (χ3n) is 5.10. The number of nitrogens with one attached hydrogen (secondary N) is 1. The molecule has 1 aliphatic rings. The number of benzene rings is 2. The summed E-state index contributed by atoms with van der Waals surface area (Å²) in [5, 5.41) is 1.22. The number of aromatic nitrogens is 1. The third-order valence-corrected chi connectivity index (χ3v) is 7.02. The fourth-order valence-corrected chi connectivity index (χ4v) is 5.05. The van der Waals surface area contributed by atoms with Crippen LogP contribution in [0.5, 0.6) is 0 Å². The van der Waals surface area contributed by atoms with Gasteiger partial charge in [0.1, 0.15) is 0 Å². The molecule has 0 spiro atoms. The van der Waals surface area contributed by atoms with E-state index >= 15 is 0 Å². The molecule has 1 N–H and O–H groups in total. The van der Waals surface area contributed by atoms with E-state index in [2.05, 4.69) is 23.2 Å². The zero-order chi connectivity index (χ0) is 17.4. The molecule has 0 bridgehead atoms. The first kappa shape index (κ1) is 16.4. The number of aryl methyl sites for hydroxylation is 1. The van der Waals surface area contributed by atoms with Gasteiger partial charge in [0.25, 0.3) is 0 Å². The van der Waals surface area contributed by atoms with E-state index < -0.39 is 10.0 Å². The number of piperidine rings is 1. The number of rotatable bonds is 3. The van der Waals surface area contributed by atoms with Crippen LogP contribution in [0.2, 0.25) is 0 Å². The Balaban J connectivity index is 1.50. The van der Waals surface area contributed by atoms with Gasteiger partial charge in [0, 0.05) is 30.2 Å². The maximum absolute atomic E-state index is 12.8. The van der Waals surface area contributed by atoms with Gasteiger partial charge in [-0.25, -0.2) is 8.42 Å². The van der Waals surface area contributed by atoms with Gasteiger partial charge in [-0.2, -0.15) is 4.31 Å². The Morgan fingerprint density at radius 1 is 1.00 bits per heavy atom. The monoisotopic (exact) mass is 354 g/mol. The number of fused-ring (bicyclic) bond motifs is 1. The topological polar surface area (TPSA) is 53.2 Å². The molecule has 4 rings (SSSR count). The Morgan fingerprint density at radius 3 is 2.36 bits per heavy atom. The molecule has 2 aromatic carbocycles. The highest BCUT2D eigenvalue weighted by molar-refractivity contribution is 7.89. The second-order valence-corrected chi connectivity index (χ2v) is 8.74. The summed E-state index contributed by atoms with van der Waals surface area (Å²) in [6, 6.07) is 17.6. The predicted molar refractivity (Wildman–Crippen MR) is 100 cm³/mol. The van der Waals surface area contributed by atoms with Crippen molar-refractivity contribution in [1.82, 2.24) is 9.29 Å². The van der Waals surface area contributed by atoms with E-state index in [-0.39, 0.29) is 0 Å². The largest absolute Gasteiger partial charge is 0.358 e. The SMILES string of the molecule is Cc1ccc(S(=O)(=O)N2CCC(c3cc4ccccc4[nH]3)CC2)cc1. The van der Waals surface area contributed by atoms with Crippen LogP contribution in [0.15, 0.2) is 59.5 Å². The minimum atomic E-state index is -3.39. The molecule has 0 aliphatic carbocycles. The van der Waals surface area contributed by atoms with Crippen LogP contribution < -0.4 is 0 Å². The molecule has 1 aromatic heterocycles. The number of sulfonamides is 1. The van der Waals surface area contributed by atoms with Crippen LogP contribution in [0.3, 0.4) is 0 Å². The van der Waals surface area contributed by atoms with E-state index in [1.807, 2.05) is 31.2 Å². The average Bonchev–Trinajstić information content (AvgIpc) is 3.06. The van der Waals surface area contributed by atoms with Gasteiger partial charge in [-0.1, -0.05) is 35.9 Å². The summed E-state index contributed by atoms with van der Waals surface area (Å²) in [6.45, 7) is 3.09. The first-order valence-corrected chi connectivity index (χ1v) is 10.1. The normalized spacial score (nSPS) is 17.2. The van der Waals surface area contributed by atoms with Crippen molar-refractivity contribution in [2.75, 3.05) is 13.1 Å². The van der Waals surface area contributed by atoms with Crippen LogP contribution in [0.25, 0.3) is 10.9 Å². The number of aromatic amines is 1. The Labute approximate surface area is 148 Å². The van der Waals surface area contributed by atoms with Crippen LogP contribution in [-0.2, 0) is 10.0 Å². The van der Waals surface area contributed by atoms with Crippen molar-refractivity contribution in [3.63, 3.8) is 0 Å². The second-order valence-electron chi connectivity index (χ2n) is 6.80. The minimum Gasteiger partial charge on any atom is -0.358 e. The van der Waals surface area contributed by atoms with Crippen molar-refractivity contribution < 1.29 is 8.42 Å². The molecule has 5 heteroatoms. The molecular formula is C20H22N2O2S. The fraction of sp³-hybridized carbons (Fsp3) is 0.300. The predicted octanol–water partition coefficient (Wildman–Crippen LogP) is 4.04. The minimum absolute atomic E-state index is 0.386. The molecule has 130 valence electrons. The van der Waals surface area contributed by atoms with Crippen LogP contribution >= 0.6 is 0 Å². The molecule has 0 saturated carbocycles. The highest BCUT2D eigenvalue weighted by Crippen LogP contribution is 2.32. The zero-order valence-corrected chi connectivity index (χ0v) is 15.1. The number of nitrogens with zero attached hydrogens (tertiary/aromatic N) is 1. The van der Waals surface area contributed by atoms with Crippen molar-refractivity contribution in [3.05, 3.63) is 65.9 Å². The van der Waals surface area contributed by atoms with E-state index in [0.717, 1.165) is 23.9 Å². The molecule has 2 heterocycles. The van der Waals surface area contributed by atoms with Gasteiger partial charge in [0.05, 0.1) is 4.90 Å². The Bertz CT molecular complexity index is 949. The summed E-state index contributed by atoms with van der Waals surface area (Å²) in [5.41, 5.74) is 3.43. The van der Waals surface area contributed by atoms with E-state index in [9.17, 15) is 8.42 Å². The fourth-order valence-electron chi connectivity index (χ4n) is 3.58. The van der Waals surface area contributed by atoms with Gasteiger partial charge < -0.3 is 4.98 Å². The maximum atomic E-state index is 12.8. The number of hydrogen-bond donors (Lipinski definition) is 1. The molecule has 3 aromatic rings. The van der Waals surface area contributed by atoms with E-state index in [4.69, 9.17) is 0 Å². The van der Waals surface area contributed by atoms with Gasteiger partial charge >= 0.3 is 0 Å². The molecule has 25 heavy (non-hydrogen) atoms. The summed E-state index contributed by atoms with van der Waals surface area (Å²) < 4.78 is 27.2. The standard InChI is InChI=1S/C20H22N2O2S/c1-15-6-8-18(9-7-15)25(23,24)22-12-10-16(11-13-22)20-14-17-4-2-3-5-19(17)21-20/h2-9,14,16,21H,10-13H2,1H3. The molecule has 0 radical (unpaired) electrons. The van der Waals surface area contributed by atoms with E-state index in [0.29, 0.717) is 23.9 Å². The number of hydrogen-bond acceptors (Lipinski definition) is 2. The maximum Gasteiger partial charge on any atom is 0.243 e. The highest BCUT2D eigenvalue weighted by Gasteiger charge is 2.30. The summed E-state index contributed by atoms with van der Waals surface area (Å²) in [7, 11) is -3.39. The lowest BCUT2D eigenvalue weighted by molar-refractivity contribution is 0.317. The Kier molecular flexibility index (Phi) is 4.13. The number of para-hydroxylation sites is 1. The van der Waals surface area contributed by atoms with Crippen molar-refractivity contribution in [2.24, 2.45) is 0 Å². The van der Waals surface area contributed by atoms with E-state index in [1.54, 1.807) is 16.4 Å². The van der Waals surface area contributed by atoms with E-state index in [1.165, 1.54) is 11.1 Å². The summed E-state index contributed by atoms with van der Waals surface area (Å²) in [6.07, 6.45) is 1.69. The van der Waals surface area contributed by atoms with Gasteiger partial charge in [-0.15, -0.1) is 0 Å². The van der Waals surface area contributed by atoms with Gasteiger partial charge in [-0.3, -0.25) is 0 Å². The summed E-state index contributed by atoms with van der Waals surface area (Å²) >= 11 is 0. The molecule has 0 atom stereocenters. The Morgan fingerprint density at radius 2 is 1.68 bits per heavy atom. The van der Waals surface area contributed by atoms with Crippen molar-refractivity contribution in [3.8, 4) is 0 Å². The smallest absolute Gasteiger partial charge is 0.243 e. The first-order chi connectivity index (χ1) is 12.0.